The molecule has 1 saturated heterocycles. The second-order valence-electron chi connectivity index (χ2n) is 7.12. The van der Waals surface area contributed by atoms with Crippen molar-refractivity contribution in [2.75, 3.05) is 13.1 Å². The maximum atomic E-state index is 12.2. The molecule has 1 N–H and O–H groups in total. The monoisotopic (exact) mass is 342 g/mol. The Morgan fingerprint density at radius 3 is 2.84 bits per heavy atom. The van der Waals surface area contributed by atoms with Gasteiger partial charge in [-0.15, -0.1) is 0 Å². The van der Waals surface area contributed by atoms with Gasteiger partial charge in [0.2, 0.25) is 5.91 Å². The molecule has 1 aromatic carbocycles. The summed E-state index contributed by atoms with van der Waals surface area (Å²) < 4.78 is 5.39. The summed E-state index contributed by atoms with van der Waals surface area (Å²) in [5.74, 6) is 1.40. The van der Waals surface area contributed by atoms with Crippen LogP contribution in [0, 0.1) is 12.8 Å². The Morgan fingerprint density at radius 2 is 2.12 bits per heavy atom. The van der Waals surface area contributed by atoms with Crippen molar-refractivity contribution in [3.63, 3.8) is 0 Å². The van der Waals surface area contributed by atoms with E-state index in [0.717, 1.165) is 31.5 Å². The van der Waals surface area contributed by atoms with E-state index in [9.17, 15) is 4.79 Å². The predicted molar refractivity (Wildman–Crippen MR) is 95.8 cm³/mol. The first-order chi connectivity index (χ1) is 12.0. The molecule has 2 aromatic rings. The van der Waals surface area contributed by atoms with E-state index >= 15 is 0 Å². The topological polar surface area (TPSA) is 71.3 Å². The second kappa shape index (κ2) is 7.78. The van der Waals surface area contributed by atoms with E-state index in [2.05, 4.69) is 20.4 Å². The van der Waals surface area contributed by atoms with E-state index in [0.29, 0.717) is 18.3 Å². The van der Waals surface area contributed by atoms with Gasteiger partial charge in [0.25, 0.3) is 5.89 Å². The highest BCUT2D eigenvalue weighted by atomic mass is 16.5. The molecule has 1 amide bonds. The number of carbonyl (C=O) groups is 1. The molecule has 1 aliphatic rings. The van der Waals surface area contributed by atoms with Crippen LogP contribution in [0.4, 0.5) is 0 Å². The molecule has 1 atom stereocenters. The molecule has 1 aliphatic heterocycles. The van der Waals surface area contributed by atoms with E-state index in [1.807, 2.05) is 45.0 Å². The first-order valence-electron chi connectivity index (χ1n) is 8.93. The fourth-order valence-corrected chi connectivity index (χ4v) is 3.15. The number of aryl methyl sites for hydroxylation is 1. The summed E-state index contributed by atoms with van der Waals surface area (Å²) >= 11 is 0. The number of nitrogens with one attached hydrogen (secondary N) is 1. The van der Waals surface area contributed by atoms with Gasteiger partial charge in [-0.3, -0.25) is 9.69 Å². The van der Waals surface area contributed by atoms with Crippen LogP contribution in [0.5, 0.6) is 0 Å². The number of hydrogen-bond acceptors (Lipinski definition) is 5. The van der Waals surface area contributed by atoms with Gasteiger partial charge in [0.1, 0.15) is 0 Å². The van der Waals surface area contributed by atoms with E-state index in [1.165, 1.54) is 5.56 Å². The zero-order valence-corrected chi connectivity index (χ0v) is 15.2. The van der Waals surface area contributed by atoms with Crippen molar-refractivity contribution in [2.45, 2.75) is 46.2 Å². The Morgan fingerprint density at radius 1 is 1.36 bits per heavy atom. The van der Waals surface area contributed by atoms with Crippen molar-refractivity contribution in [3.05, 3.63) is 35.7 Å². The lowest BCUT2D eigenvalue weighted by molar-refractivity contribution is -0.127. The average Bonchev–Trinajstić information content (AvgIpc) is 3.03. The number of likely N-dealkylation sites (tertiary alicyclic amines) is 1. The molecule has 1 fully saturated rings. The predicted octanol–water partition coefficient (Wildman–Crippen LogP) is 2.78. The van der Waals surface area contributed by atoms with Crippen molar-refractivity contribution in [3.8, 4) is 11.5 Å². The highest BCUT2D eigenvalue weighted by molar-refractivity contribution is 5.79. The smallest absolute Gasteiger partial charge is 0.257 e. The minimum absolute atomic E-state index is 0.0413. The molecule has 25 heavy (non-hydrogen) atoms. The van der Waals surface area contributed by atoms with E-state index in [-0.39, 0.29) is 17.9 Å². The minimum atomic E-state index is 0.0413. The third kappa shape index (κ3) is 4.66. The maximum Gasteiger partial charge on any atom is 0.257 e. The Hall–Kier alpha value is -2.21. The Labute approximate surface area is 148 Å². The van der Waals surface area contributed by atoms with E-state index in [4.69, 9.17) is 4.52 Å². The third-order valence-electron chi connectivity index (χ3n) is 4.44. The quantitative estimate of drug-likeness (QED) is 0.905. The molecule has 134 valence electrons. The lowest BCUT2D eigenvalue weighted by atomic mass is 9.97. The van der Waals surface area contributed by atoms with Gasteiger partial charge in [-0.05, 0) is 52.3 Å². The van der Waals surface area contributed by atoms with Crippen molar-refractivity contribution in [1.29, 1.82) is 0 Å². The third-order valence-corrected chi connectivity index (χ3v) is 4.44. The van der Waals surface area contributed by atoms with Crippen LogP contribution in [0.2, 0.25) is 0 Å². The van der Waals surface area contributed by atoms with Crippen LogP contribution >= 0.6 is 0 Å². The summed E-state index contributed by atoms with van der Waals surface area (Å²) in [5.41, 5.74) is 2.12. The van der Waals surface area contributed by atoms with Crippen LogP contribution in [0.1, 0.15) is 38.1 Å². The first kappa shape index (κ1) is 17.6. The Balaban J connectivity index is 1.60. The van der Waals surface area contributed by atoms with Gasteiger partial charge in [0.05, 0.1) is 12.5 Å². The number of benzene rings is 1. The molecule has 0 aliphatic carbocycles. The van der Waals surface area contributed by atoms with Gasteiger partial charge in [-0.2, -0.15) is 4.98 Å². The molecule has 6 nitrogen and oxygen atoms in total. The van der Waals surface area contributed by atoms with Crippen LogP contribution in [0.25, 0.3) is 11.5 Å². The van der Waals surface area contributed by atoms with Gasteiger partial charge in [-0.25, -0.2) is 0 Å². The van der Waals surface area contributed by atoms with E-state index in [1.54, 1.807) is 0 Å². The van der Waals surface area contributed by atoms with Crippen molar-refractivity contribution < 1.29 is 9.32 Å². The lowest BCUT2D eigenvalue weighted by Gasteiger charge is -2.31. The second-order valence-corrected chi connectivity index (χ2v) is 7.12. The lowest BCUT2D eigenvalue weighted by Crippen LogP contribution is -2.44. The fourth-order valence-electron chi connectivity index (χ4n) is 3.15. The summed E-state index contributed by atoms with van der Waals surface area (Å²) in [7, 11) is 0. The number of amides is 1. The standard InChI is InChI=1S/C19H26N4O2/c1-13(2)20-18(24)16-5-4-10-23(11-16)12-17-21-19(25-22-17)15-8-6-14(3)7-9-15/h6-9,13,16H,4-5,10-12H2,1-3H3,(H,20,24)/t16-/m0/s1. The zero-order valence-electron chi connectivity index (χ0n) is 15.2. The van der Waals surface area contributed by atoms with E-state index < -0.39 is 0 Å². The van der Waals surface area contributed by atoms with Gasteiger partial charge >= 0.3 is 0 Å². The Kier molecular flexibility index (Phi) is 5.48. The van der Waals surface area contributed by atoms with Crippen LogP contribution in [-0.2, 0) is 11.3 Å². The summed E-state index contributed by atoms with van der Waals surface area (Å²) in [4.78, 5) is 19.0. The first-order valence-corrected chi connectivity index (χ1v) is 8.93. The Bertz CT molecular complexity index is 708. The highest BCUT2D eigenvalue weighted by Gasteiger charge is 2.27. The van der Waals surface area contributed by atoms with Crippen LogP contribution in [0.15, 0.2) is 28.8 Å². The molecule has 0 radical (unpaired) electrons. The number of piperidine rings is 1. The summed E-state index contributed by atoms with van der Waals surface area (Å²) in [6.45, 7) is 8.34. The number of rotatable bonds is 5. The van der Waals surface area contributed by atoms with Crippen LogP contribution in [-0.4, -0.2) is 40.1 Å². The number of nitrogens with zero attached hydrogens (tertiary/aromatic N) is 3. The maximum absolute atomic E-state index is 12.2. The minimum Gasteiger partial charge on any atom is -0.354 e. The molecule has 1 aromatic heterocycles. The fraction of sp³-hybridized carbons (Fsp3) is 0.526. The molecular weight excluding hydrogens is 316 g/mol. The van der Waals surface area contributed by atoms with Gasteiger partial charge in [0.15, 0.2) is 5.82 Å². The highest BCUT2D eigenvalue weighted by Crippen LogP contribution is 2.21. The van der Waals surface area contributed by atoms with Gasteiger partial charge in [0, 0.05) is 18.2 Å². The molecule has 2 heterocycles. The largest absolute Gasteiger partial charge is 0.354 e. The number of carbonyl (C=O) groups excluding carboxylic acids is 1. The molecule has 6 heteroatoms. The van der Waals surface area contributed by atoms with Gasteiger partial charge < -0.3 is 9.84 Å². The SMILES string of the molecule is Cc1ccc(-c2nc(CN3CCC[C@H](C(=O)NC(C)C)C3)no2)cc1. The zero-order chi connectivity index (χ0) is 17.8. The normalized spacial score (nSPS) is 18.5. The average molecular weight is 342 g/mol. The van der Waals surface area contributed by atoms with Crippen molar-refractivity contribution in [2.24, 2.45) is 5.92 Å². The summed E-state index contributed by atoms with van der Waals surface area (Å²) in [6, 6.07) is 8.21. The molecule has 0 unspecified atom stereocenters. The summed E-state index contributed by atoms with van der Waals surface area (Å²) in [5, 5.41) is 7.11. The molecular formula is C19H26N4O2. The van der Waals surface area contributed by atoms with Crippen LogP contribution < -0.4 is 5.32 Å². The number of hydrogen-bond donors (Lipinski definition) is 1. The van der Waals surface area contributed by atoms with Crippen LogP contribution in [0.3, 0.4) is 0 Å². The molecule has 0 saturated carbocycles. The molecule has 0 bridgehead atoms. The van der Waals surface area contributed by atoms with Crippen molar-refractivity contribution in [1.82, 2.24) is 20.4 Å². The summed E-state index contributed by atoms with van der Waals surface area (Å²) in [6.07, 6.45) is 1.95. The molecule has 3 rings (SSSR count). The number of aromatic nitrogens is 2. The molecule has 0 spiro atoms. The van der Waals surface area contributed by atoms with Gasteiger partial charge in [-0.1, -0.05) is 22.9 Å². The van der Waals surface area contributed by atoms with Crippen molar-refractivity contribution >= 4 is 5.91 Å².